The maximum Gasteiger partial charge on any atom is 0.0701 e. The van der Waals surface area contributed by atoms with Crippen molar-refractivity contribution in [1.29, 1.82) is 0 Å². The summed E-state index contributed by atoms with van der Waals surface area (Å²) in [5.74, 6) is 0. The Morgan fingerprint density at radius 2 is 1.07 bits per heavy atom. The van der Waals surface area contributed by atoms with E-state index in [0.717, 1.165) is 0 Å². The highest BCUT2D eigenvalue weighted by molar-refractivity contribution is 4.33. The third-order valence-corrected chi connectivity index (χ3v) is 0.742. The molecule has 0 amide bonds. The van der Waals surface area contributed by atoms with E-state index < -0.39 is 0 Å². The van der Waals surface area contributed by atoms with Gasteiger partial charge in [-0.25, -0.2) is 0 Å². The van der Waals surface area contributed by atoms with E-state index in [1.807, 2.05) is 13.8 Å². The van der Waals surface area contributed by atoms with Gasteiger partial charge in [-0.1, -0.05) is 0 Å². The van der Waals surface area contributed by atoms with Crippen molar-refractivity contribution in [3.63, 3.8) is 0 Å². The van der Waals surface area contributed by atoms with Crippen LogP contribution in [0.5, 0.6) is 0 Å². The minimum Gasteiger partial charge on any atom is -0.394 e. The third kappa shape index (κ3) is 57.4. The van der Waals surface area contributed by atoms with Crippen LogP contribution >= 0.6 is 0 Å². The van der Waals surface area contributed by atoms with Crippen LogP contribution in [-0.2, 0) is 4.74 Å². The van der Waals surface area contributed by atoms with Crippen LogP contribution in [-0.4, -0.2) is 71.3 Å². The normalized spacial score (nSPS) is 8.80. The topological polar surface area (TPSA) is 110 Å². The van der Waals surface area contributed by atoms with Crippen LogP contribution in [0.3, 0.4) is 0 Å². The zero-order chi connectivity index (χ0) is 12.5. The van der Waals surface area contributed by atoms with E-state index in [1.165, 1.54) is 0 Å². The van der Waals surface area contributed by atoms with Gasteiger partial charge in [0.2, 0.25) is 0 Å². The van der Waals surface area contributed by atoms with Gasteiger partial charge in [0.05, 0.1) is 45.7 Å². The molecule has 0 aliphatic carbocycles. The van der Waals surface area contributed by atoms with Crippen LogP contribution in [0.15, 0.2) is 0 Å². The molecular weight excluding hydrogens is 204 g/mol. The second-order valence-electron chi connectivity index (χ2n) is 2.54. The van der Waals surface area contributed by atoms with Crippen molar-refractivity contribution in [1.82, 2.24) is 0 Å². The number of aliphatic hydroxyl groups is 5. The van der Waals surface area contributed by atoms with Gasteiger partial charge in [-0.15, -0.1) is 0 Å². The average molecular weight is 228 g/mol. The zero-order valence-electron chi connectivity index (χ0n) is 9.46. The Kier molecular flexibility index (Phi) is 31.7. The van der Waals surface area contributed by atoms with E-state index in [1.54, 1.807) is 0 Å². The quantitative estimate of drug-likeness (QED) is 0.385. The molecule has 0 aliphatic heterocycles. The molecule has 5 N–H and O–H groups in total. The Balaban J connectivity index is -0.000000155. The fraction of sp³-hybridized carbons (Fsp3) is 1.00. The van der Waals surface area contributed by atoms with Crippen LogP contribution < -0.4 is 0 Å². The molecule has 96 valence electrons. The van der Waals surface area contributed by atoms with E-state index >= 15 is 0 Å². The van der Waals surface area contributed by atoms with Crippen molar-refractivity contribution in [3.8, 4) is 0 Å². The van der Waals surface area contributed by atoms with Crippen molar-refractivity contribution < 1.29 is 30.3 Å². The predicted molar refractivity (Wildman–Crippen MR) is 56.5 cm³/mol. The van der Waals surface area contributed by atoms with Crippen molar-refractivity contribution in [2.75, 3.05) is 39.6 Å². The average Bonchev–Trinajstić information content (AvgIpc) is 2.27. The van der Waals surface area contributed by atoms with Crippen LogP contribution in [0.2, 0.25) is 0 Å². The summed E-state index contributed by atoms with van der Waals surface area (Å²) in [6, 6.07) is 0. The minimum atomic E-state index is -0.125. The highest BCUT2D eigenvalue weighted by Gasteiger charge is 1.87. The van der Waals surface area contributed by atoms with Gasteiger partial charge in [0.1, 0.15) is 0 Å². The first-order chi connectivity index (χ1) is 7.10. The van der Waals surface area contributed by atoms with E-state index in [9.17, 15) is 0 Å². The second kappa shape index (κ2) is 23.5. The summed E-state index contributed by atoms with van der Waals surface area (Å²) in [6.07, 6.45) is 0.243. The first-order valence-corrected chi connectivity index (χ1v) is 4.76. The van der Waals surface area contributed by atoms with E-state index in [0.29, 0.717) is 6.61 Å². The molecule has 0 fully saturated rings. The molecule has 0 saturated carbocycles. The summed E-state index contributed by atoms with van der Waals surface area (Å²) in [5, 5.41) is 38.7. The van der Waals surface area contributed by atoms with Gasteiger partial charge in [-0.3, -0.25) is 0 Å². The molecule has 0 radical (unpaired) electrons. The fourth-order valence-electron chi connectivity index (χ4n) is 0.288. The molecule has 0 aromatic rings. The lowest BCUT2D eigenvalue weighted by Gasteiger charge is -2.02. The van der Waals surface area contributed by atoms with Crippen LogP contribution in [0, 0.1) is 0 Å². The first kappa shape index (κ1) is 20.2. The van der Waals surface area contributed by atoms with Crippen molar-refractivity contribution >= 4 is 0 Å². The van der Waals surface area contributed by atoms with Gasteiger partial charge in [0.15, 0.2) is 0 Å². The van der Waals surface area contributed by atoms with Crippen molar-refractivity contribution in [2.24, 2.45) is 0 Å². The molecule has 0 bridgehead atoms. The molecule has 0 unspecified atom stereocenters. The summed E-state index contributed by atoms with van der Waals surface area (Å²) in [6.45, 7) is 3.96. The molecule has 0 rings (SSSR count). The molecule has 0 heterocycles. The Morgan fingerprint density at radius 1 is 0.733 bits per heavy atom. The number of ether oxygens (including phenoxy) is 1. The van der Waals surface area contributed by atoms with Gasteiger partial charge >= 0.3 is 0 Å². The summed E-state index contributed by atoms with van der Waals surface area (Å²) in [7, 11) is 0. The smallest absolute Gasteiger partial charge is 0.0701 e. The Labute approximate surface area is 90.8 Å². The molecule has 15 heavy (non-hydrogen) atoms. The standard InChI is InChI=1S/C5H12O2.2C2H6O2/c1-5(2)7-4-3-6;2*3-1-2-4/h5-6H,3-4H2,1-2H3;2*3-4H,1-2H2. The van der Waals surface area contributed by atoms with Gasteiger partial charge < -0.3 is 30.3 Å². The Morgan fingerprint density at radius 3 is 1.13 bits per heavy atom. The number of rotatable bonds is 5. The number of hydrogen-bond donors (Lipinski definition) is 5. The lowest BCUT2D eigenvalue weighted by atomic mass is 10.5. The maximum absolute atomic E-state index is 8.19. The van der Waals surface area contributed by atoms with E-state index in [4.69, 9.17) is 30.3 Å². The monoisotopic (exact) mass is 228 g/mol. The third-order valence-electron chi connectivity index (χ3n) is 0.742. The van der Waals surface area contributed by atoms with Crippen LogP contribution in [0.1, 0.15) is 13.8 Å². The van der Waals surface area contributed by atoms with Crippen LogP contribution in [0.4, 0.5) is 0 Å². The summed E-state index contributed by atoms with van der Waals surface area (Å²) in [5.41, 5.74) is 0. The fourth-order valence-corrected chi connectivity index (χ4v) is 0.288. The number of hydrogen-bond acceptors (Lipinski definition) is 6. The maximum atomic E-state index is 8.19. The van der Waals surface area contributed by atoms with Crippen molar-refractivity contribution in [2.45, 2.75) is 20.0 Å². The van der Waals surface area contributed by atoms with Gasteiger partial charge in [0.25, 0.3) is 0 Å². The predicted octanol–water partition coefficient (Wildman–Crippen LogP) is -1.65. The van der Waals surface area contributed by atoms with E-state index in [-0.39, 0.29) is 39.1 Å². The lowest BCUT2D eigenvalue weighted by molar-refractivity contribution is 0.0494. The molecule has 0 spiro atoms. The summed E-state index contributed by atoms with van der Waals surface area (Å²) < 4.78 is 4.94. The Bertz CT molecular complexity index is 71.0. The molecule has 0 saturated heterocycles. The van der Waals surface area contributed by atoms with Crippen molar-refractivity contribution in [3.05, 3.63) is 0 Å². The van der Waals surface area contributed by atoms with Gasteiger partial charge in [-0.2, -0.15) is 0 Å². The Hall–Kier alpha value is -0.240. The molecule has 0 aromatic carbocycles. The molecule has 0 aliphatic rings. The lowest BCUT2D eigenvalue weighted by Crippen LogP contribution is -2.06. The second-order valence-corrected chi connectivity index (χ2v) is 2.54. The largest absolute Gasteiger partial charge is 0.394 e. The number of aliphatic hydroxyl groups excluding tert-OH is 5. The van der Waals surface area contributed by atoms with Gasteiger partial charge in [0, 0.05) is 0 Å². The molecule has 0 atom stereocenters. The molecular formula is C9H24O6. The van der Waals surface area contributed by atoms with E-state index in [2.05, 4.69) is 0 Å². The molecule has 0 aromatic heterocycles. The van der Waals surface area contributed by atoms with Crippen LogP contribution in [0.25, 0.3) is 0 Å². The molecule has 6 heteroatoms. The zero-order valence-corrected chi connectivity index (χ0v) is 9.46. The SMILES string of the molecule is CC(C)OCCO.OCCO.OCCO. The van der Waals surface area contributed by atoms with Gasteiger partial charge in [-0.05, 0) is 13.8 Å². The first-order valence-electron chi connectivity index (χ1n) is 4.76. The summed E-state index contributed by atoms with van der Waals surface area (Å²) in [4.78, 5) is 0. The molecule has 6 nitrogen and oxygen atoms in total. The summed E-state index contributed by atoms with van der Waals surface area (Å²) >= 11 is 0. The highest BCUT2D eigenvalue weighted by atomic mass is 16.5. The minimum absolute atomic E-state index is 0.123. The highest BCUT2D eigenvalue weighted by Crippen LogP contribution is 1.83.